The summed E-state index contributed by atoms with van der Waals surface area (Å²) >= 11 is 0. The highest BCUT2D eigenvalue weighted by atomic mass is 32.2. The number of Topliss-reactive ketones (excluding diaryl/α,β-unsaturated/α-hetero) is 1. The number of rotatable bonds is 18. The van der Waals surface area contributed by atoms with Crippen LogP contribution in [0.5, 0.6) is 23.3 Å². The van der Waals surface area contributed by atoms with Crippen LogP contribution in [0.4, 0.5) is 35.1 Å². The van der Waals surface area contributed by atoms with Crippen LogP contribution in [0, 0.1) is 63.6 Å². The third kappa shape index (κ3) is 21.3. The van der Waals surface area contributed by atoms with E-state index in [-0.39, 0.29) is 125 Å². The first-order chi connectivity index (χ1) is 57.4. The second kappa shape index (κ2) is 37.0. The molecule has 4 bridgehead atoms. The number of esters is 2. The zero-order valence-electron chi connectivity index (χ0n) is 71.3. The van der Waals surface area contributed by atoms with Crippen LogP contribution >= 0.6 is 0 Å². The molecule has 8 fully saturated rings. The van der Waals surface area contributed by atoms with E-state index in [1.54, 1.807) is 52.0 Å². The number of carboxylic acids is 1. The SMILES string of the molecule is C.C.CC1(S(=O)(=O)NC(=O)[C@@]2(N)C[C@H]2C(F)F)CC1.CCC[C@@H]1[C@@H]2CN(C(=O)[C@H](C(C)(C)C)CC(=O)O[C@@H]3C[C@H]3CCCCC(F)(F)c3nc4ccc(OC)cc4nc3O2)[C@@H]1C(=O)C[C@]1(C(=O)NS(=O)(=O)C2(C)CC2)C[C@H]1C(F)F.CCC[C@@H]1[C@@H]2CN(C(=O)[C@H](C(C)(C)C)CC(=O)O[C@@H]3C[C@H]3CCCCC(F)(F)c3nc4ccc(OC)cc4nc3O2)[C@@H]1C(=O)O. The maximum absolute atomic E-state index is 16.4. The predicted molar refractivity (Wildman–Crippen MR) is 442 cm³/mol. The molecule has 4 aliphatic heterocycles. The Labute approximate surface area is 724 Å². The third-order valence-corrected chi connectivity index (χ3v) is 31.0. The summed E-state index contributed by atoms with van der Waals surface area (Å²) in [4.78, 5) is 129. The lowest BCUT2D eigenvalue weighted by Gasteiger charge is -2.35. The number of carbonyl (C=O) groups is 8. The van der Waals surface area contributed by atoms with E-state index >= 15 is 22.4 Å². The van der Waals surface area contributed by atoms with E-state index < -0.39 is 232 Å². The normalized spacial score (nSPS) is 30.4. The third-order valence-electron chi connectivity index (χ3n) is 26.6. The molecule has 5 N–H and O–H groups in total. The standard InChI is InChI=1S/C43H56F4N4O9S.C33H43F2N3O7.C9H14F2N2O3S.2CH4/c1-7-10-25-32-22-51(34(25)30(52)21-42(20-27(42)36(44)45)39(55)50-61(56,57)41(5)15-16-41)38(54)26(40(2,3)4)19-33(53)59-31-17-23(31)11-8-9-14-43(46,47)35-37(60-32)49-29-18-24(58-6)12-13-28(29)48-35;1-6-9-20-25-17-38(27(20)31(41)42)30(40)21(32(2,3)4)16-26(39)44-24-14-18(24)10-7-8-13-33(34,35)28-29(45-25)37-23-15-19(43-5)11-12-22(23)36-28;1-8(2-3-8)17(15,16)13-7(14)9(12)4-5(9)6(10)11;;/h12-13,18,23,25-27,31-32,34,36H,7-11,14-17,19-22H2,1-6H3,(H,50,55);11-12,15,18,20-21,24-25,27H,6-10,13-14,16-17H2,1-5H3,(H,41,42);5-6H,2-4,12H2,1H3,(H,13,14);2*1H4/t23-,25-,26-,27+,31-,32+,34+,42-;18-,20-,21-,24-,25+,27+;5-,9+;;/m110../s1. The Morgan fingerprint density at radius 1 is 0.568 bits per heavy atom. The number of fused-ring (bicyclic) bond motifs is 10. The number of aromatic nitrogens is 4. The van der Waals surface area contributed by atoms with Crippen molar-refractivity contribution in [1.82, 2.24) is 39.2 Å². The molecular formula is C87H121F8N9O19S2. The number of aliphatic carboxylic acids is 1. The molecule has 2 aromatic carbocycles. The highest BCUT2D eigenvalue weighted by Crippen LogP contribution is 2.60. The minimum Gasteiger partial charge on any atom is -0.497 e. The molecule has 10 aliphatic rings. The molecule has 6 heterocycles. The number of amides is 4. The van der Waals surface area contributed by atoms with Gasteiger partial charge in [-0.05, 0) is 151 Å². The smallest absolute Gasteiger partial charge is 0.326 e. The summed E-state index contributed by atoms with van der Waals surface area (Å²) in [5.74, 6) is -19.9. The summed E-state index contributed by atoms with van der Waals surface area (Å²) in [5.41, 5.74) is -0.417. The van der Waals surface area contributed by atoms with Crippen molar-refractivity contribution in [2.75, 3.05) is 27.3 Å². The Balaban J connectivity index is 0.000000222. The second-order valence-electron chi connectivity index (χ2n) is 38.0. The largest absolute Gasteiger partial charge is 0.497 e. The van der Waals surface area contributed by atoms with Crippen LogP contribution in [0.2, 0.25) is 0 Å². The van der Waals surface area contributed by atoms with Crippen molar-refractivity contribution in [2.24, 2.45) is 69.3 Å². The number of hydrogen-bond donors (Lipinski definition) is 4. The van der Waals surface area contributed by atoms with Gasteiger partial charge in [-0.1, -0.05) is 95.9 Å². The van der Waals surface area contributed by atoms with Gasteiger partial charge in [0.1, 0.15) is 47.5 Å². The maximum Gasteiger partial charge on any atom is 0.326 e. The molecular weight excluding hydrogens is 1690 g/mol. The summed E-state index contributed by atoms with van der Waals surface area (Å²) in [5, 5.41) is 10.4. The van der Waals surface area contributed by atoms with Gasteiger partial charge in [0.2, 0.25) is 62.4 Å². The van der Waals surface area contributed by atoms with Crippen molar-refractivity contribution in [3.63, 3.8) is 0 Å². The Hall–Kier alpha value is -8.42. The van der Waals surface area contributed by atoms with Gasteiger partial charge < -0.3 is 49.1 Å². The molecule has 4 amide bonds. The number of hydrogen-bond acceptors (Lipinski definition) is 23. The number of halogens is 8. The number of carbonyl (C=O) groups excluding carboxylic acids is 7. The zero-order chi connectivity index (χ0) is 90.2. The number of nitrogens with two attached hydrogens (primary N) is 1. The number of sulfonamides is 2. The number of ketones is 1. The lowest BCUT2D eigenvalue weighted by molar-refractivity contribution is -0.157. The molecule has 4 aromatic rings. The van der Waals surface area contributed by atoms with Crippen molar-refractivity contribution in [3.05, 3.63) is 47.8 Å². The van der Waals surface area contributed by atoms with E-state index in [1.165, 1.54) is 50.0 Å². The van der Waals surface area contributed by atoms with Gasteiger partial charge in [-0.2, -0.15) is 17.6 Å². The topological polar surface area (TPSA) is 389 Å². The number of alkyl halides is 8. The second-order valence-corrected chi connectivity index (χ2v) is 42.4. The van der Waals surface area contributed by atoms with Crippen LogP contribution in [0.25, 0.3) is 22.1 Å². The molecule has 28 nitrogen and oxygen atoms in total. The van der Waals surface area contributed by atoms with Crippen LogP contribution in [0.3, 0.4) is 0 Å². The molecule has 0 radical (unpaired) electrons. The lowest BCUT2D eigenvalue weighted by Crippen LogP contribution is -2.50. The number of nitrogens with zero attached hydrogens (tertiary/aromatic N) is 6. The Morgan fingerprint density at radius 3 is 1.33 bits per heavy atom. The van der Waals surface area contributed by atoms with E-state index in [1.807, 2.05) is 37.1 Å². The van der Waals surface area contributed by atoms with Crippen molar-refractivity contribution >= 4 is 89.4 Å². The Morgan fingerprint density at radius 2 is 0.968 bits per heavy atom. The number of methoxy groups -OCH3 is 2. The summed E-state index contributed by atoms with van der Waals surface area (Å²) < 4.78 is 204. The molecule has 6 aliphatic carbocycles. The van der Waals surface area contributed by atoms with Crippen LogP contribution in [0.15, 0.2) is 36.4 Å². The number of nitrogens with one attached hydrogen (secondary N) is 2. The monoisotopic (exact) mass is 1810 g/mol. The van der Waals surface area contributed by atoms with Gasteiger partial charge in [0.05, 0.1) is 95.0 Å². The molecule has 38 heteroatoms. The highest BCUT2D eigenvalue weighted by molar-refractivity contribution is 7.92. The molecule has 0 spiro atoms. The number of carboxylic acid groups (broad SMARTS) is 1. The van der Waals surface area contributed by atoms with Crippen LogP contribution in [0.1, 0.15) is 243 Å². The minimum absolute atomic E-state index is 0. The molecule has 14 rings (SSSR count). The van der Waals surface area contributed by atoms with Crippen molar-refractivity contribution < 1.29 is 124 Å². The van der Waals surface area contributed by atoms with E-state index in [9.17, 15) is 73.1 Å². The highest BCUT2D eigenvalue weighted by Gasteiger charge is 2.68. The molecule has 6 saturated carbocycles. The Kier molecular flexibility index (Phi) is 29.2. The maximum atomic E-state index is 16.4. The molecule has 2 saturated heterocycles. The molecule has 2 aromatic heterocycles. The van der Waals surface area contributed by atoms with Gasteiger partial charge in [-0.15, -0.1) is 0 Å². The van der Waals surface area contributed by atoms with Gasteiger partial charge in [0, 0.05) is 55.1 Å². The van der Waals surface area contributed by atoms with Gasteiger partial charge in [-0.3, -0.25) is 43.0 Å². The molecule has 696 valence electrons. The van der Waals surface area contributed by atoms with E-state index in [4.69, 9.17) is 34.2 Å². The average Bonchev–Trinajstić information content (AvgIpc) is 1.56. The van der Waals surface area contributed by atoms with Gasteiger partial charge in [0.15, 0.2) is 17.2 Å². The zero-order valence-corrected chi connectivity index (χ0v) is 72.9. The quantitative estimate of drug-likeness (QED) is 0.0531. The summed E-state index contributed by atoms with van der Waals surface area (Å²) in [6, 6.07) is 6.60. The lowest BCUT2D eigenvalue weighted by atomic mass is 9.77. The molecule has 125 heavy (non-hydrogen) atoms. The number of benzene rings is 2. The first-order valence-electron chi connectivity index (χ1n) is 42.5. The van der Waals surface area contributed by atoms with Crippen LogP contribution < -0.4 is 34.1 Å². The van der Waals surface area contributed by atoms with Crippen LogP contribution in [-0.4, -0.2) is 191 Å². The van der Waals surface area contributed by atoms with Crippen LogP contribution in [-0.2, 0) is 79.7 Å². The molecule has 16 atom stereocenters. The van der Waals surface area contributed by atoms with Gasteiger partial charge in [-0.25, -0.2) is 59.1 Å². The summed E-state index contributed by atoms with van der Waals surface area (Å²) in [6.07, 6.45) is -5.04. The average molecular weight is 1810 g/mol. The van der Waals surface area contributed by atoms with E-state index in [0.29, 0.717) is 82.1 Å². The summed E-state index contributed by atoms with van der Waals surface area (Å²) in [7, 11) is -5.16. The van der Waals surface area contributed by atoms with Crippen molar-refractivity contribution in [1.29, 1.82) is 0 Å². The van der Waals surface area contributed by atoms with E-state index in [2.05, 4.69) is 19.9 Å². The van der Waals surface area contributed by atoms with Crippen molar-refractivity contribution in [3.8, 4) is 23.3 Å². The Bertz CT molecular complexity index is 4960. The van der Waals surface area contributed by atoms with E-state index in [0.717, 1.165) is 0 Å². The van der Waals surface area contributed by atoms with Gasteiger partial charge in [0.25, 0.3) is 17.8 Å². The molecule has 0 unspecified atom stereocenters. The van der Waals surface area contributed by atoms with Crippen molar-refractivity contribution in [2.45, 2.75) is 308 Å². The minimum atomic E-state index is -4.27. The fraction of sp³-hybridized carbons (Fsp3) is 0.724. The first-order valence-corrected chi connectivity index (χ1v) is 45.4. The summed E-state index contributed by atoms with van der Waals surface area (Å²) in [6.45, 7) is 16.8. The first kappa shape index (κ1) is 98.8. The fourth-order valence-corrected chi connectivity index (χ4v) is 20.3. The fourth-order valence-electron chi connectivity index (χ4n) is 17.6. The number of ether oxygens (including phenoxy) is 6. The predicted octanol–water partition coefficient (Wildman–Crippen LogP) is 13.9. The van der Waals surface area contributed by atoms with Gasteiger partial charge >= 0.3 is 17.9 Å².